The Bertz CT molecular complexity index is 3930. The molecule has 4 aliphatic carbocycles. The van der Waals surface area contributed by atoms with E-state index in [2.05, 4.69) is 215 Å². The molecule has 0 N–H and O–H groups in total. The Balaban J connectivity index is 0.952. The summed E-state index contributed by atoms with van der Waals surface area (Å²) in [6.07, 6.45) is 28.7. The summed E-state index contributed by atoms with van der Waals surface area (Å²) in [5.41, 5.74) is 20.8. The zero-order valence-electron chi connectivity index (χ0n) is 40.1. The Kier molecular flexibility index (Phi) is 10.4. The third kappa shape index (κ3) is 7.48. The molecule has 0 fully saturated rings. The Morgan fingerprint density at radius 3 is 2.04 bits per heavy atom. The van der Waals surface area contributed by atoms with Gasteiger partial charge in [-0.2, -0.15) is 0 Å². The Labute approximate surface area is 419 Å². The molecule has 0 amide bonds. The lowest BCUT2D eigenvalue weighted by Gasteiger charge is -2.23. The number of rotatable bonds is 8. The largest absolute Gasteiger partial charge is 0.317 e. The van der Waals surface area contributed by atoms with Crippen LogP contribution in [-0.2, 0) is 19.3 Å². The van der Waals surface area contributed by atoms with Crippen LogP contribution in [0.15, 0.2) is 200 Å². The van der Waals surface area contributed by atoms with Crippen molar-refractivity contribution in [3.63, 3.8) is 0 Å². The standard InChI is InChI=1S/C66H52N6/c1-3-19-54(20-4-1)71-60-25-13-11-23-58(60)67-65(71)47-33-29-45(30-34-47)62-57-42-53(51-37-27-43-15-7-9-17-49(43)39-51)41-56(52-38-28-44-16-8-10-18-50(44)40-52)63(57)70-64(69-62)46-31-35-48(36-32-46)66-68-59-24-12-14-26-61(59)72(66)55-21-5-2-6-22-55/h1-3,5-6,8,10-14,16,18-19,21,23-39,41-42,52,55H,4,7,9,15,17,20,22,40H2. The lowest BCUT2D eigenvalue weighted by molar-refractivity contribution is 0.631. The van der Waals surface area contributed by atoms with Gasteiger partial charge in [0.1, 0.15) is 11.6 Å². The highest BCUT2D eigenvalue weighted by atomic mass is 15.1. The second kappa shape index (κ2) is 17.7. The molecule has 2 atom stereocenters. The summed E-state index contributed by atoms with van der Waals surface area (Å²) in [5, 5.41) is 1.05. The average molecular weight is 929 g/mol. The number of aryl methyl sites for hydroxylation is 2. The fraction of sp³-hybridized carbons (Fsp3) is 0.152. The van der Waals surface area contributed by atoms with E-state index in [1.807, 2.05) is 0 Å². The monoisotopic (exact) mass is 928 g/mol. The normalized spacial score (nSPS) is 17.1. The molecule has 0 aliphatic heterocycles. The molecule has 0 spiro atoms. The minimum atomic E-state index is 0.119. The van der Waals surface area contributed by atoms with E-state index in [4.69, 9.17) is 19.9 Å². The van der Waals surface area contributed by atoms with Crippen LogP contribution in [0.4, 0.5) is 0 Å². The van der Waals surface area contributed by atoms with Crippen LogP contribution in [0.5, 0.6) is 0 Å². The predicted octanol–water partition coefficient (Wildman–Crippen LogP) is 16.1. The minimum Gasteiger partial charge on any atom is -0.317 e. The molecule has 2 unspecified atom stereocenters. The summed E-state index contributed by atoms with van der Waals surface area (Å²) in [5.74, 6) is 2.72. The molecule has 0 bridgehead atoms. The van der Waals surface area contributed by atoms with Gasteiger partial charge in [-0.15, -0.1) is 0 Å². The first-order chi connectivity index (χ1) is 35.7. The van der Waals surface area contributed by atoms with Gasteiger partial charge in [-0.1, -0.05) is 164 Å². The van der Waals surface area contributed by atoms with Crippen molar-refractivity contribution in [2.24, 2.45) is 0 Å². The number of hydrogen-bond acceptors (Lipinski definition) is 4. The predicted molar refractivity (Wildman–Crippen MR) is 296 cm³/mol. The van der Waals surface area contributed by atoms with Gasteiger partial charge in [-0.25, -0.2) is 19.9 Å². The van der Waals surface area contributed by atoms with E-state index in [-0.39, 0.29) is 12.0 Å². The molecule has 7 aromatic carbocycles. The highest BCUT2D eigenvalue weighted by Gasteiger charge is 2.25. The number of hydrogen-bond donors (Lipinski definition) is 0. The summed E-state index contributed by atoms with van der Waals surface area (Å²) in [4.78, 5) is 21.7. The van der Waals surface area contributed by atoms with Gasteiger partial charge in [0.25, 0.3) is 0 Å². The quantitative estimate of drug-likeness (QED) is 0.152. The number of benzene rings is 7. The molecule has 10 aromatic rings. The van der Waals surface area contributed by atoms with Crippen molar-refractivity contribution in [1.82, 2.24) is 29.1 Å². The summed E-state index contributed by atoms with van der Waals surface area (Å²) < 4.78 is 4.74. The third-order valence-corrected chi connectivity index (χ3v) is 15.5. The number of allylic oxidation sites excluding steroid dienone is 9. The van der Waals surface area contributed by atoms with Gasteiger partial charge in [0, 0.05) is 39.3 Å². The van der Waals surface area contributed by atoms with Gasteiger partial charge in [-0.3, -0.25) is 4.57 Å². The second-order valence-electron chi connectivity index (χ2n) is 19.9. The van der Waals surface area contributed by atoms with Crippen LogP contribution in [0.2, 0.25) is 0 Å². The number of para-hydroxylation sites is 4. The molecule has 6 heteroatoms. The third-order valence-electron chi connectivity index (χ3n) is 15.5. The Morgan fingerprint density at radius 1 is 0.500 bits per heavy atom. The second-order valence-corrected chi connectivity index (χ2v) is 19.9. The van der Waals surface area contributed by atoms with Gasteiger partial charge in [0.2, 0.25) is 0 Å². The van der Waals surface area contributed by atoms with E-state index in [1.165, 1.54) is 57.5 Å². The number of imidazole rings is 2. The molecule has 346 valence electrons. The van der Waals surface area contributed by atoms with Gasteiger partial charge >= 0.3 is 0 Å². The number of fused-ring (bicyclic) bond motifs is 5. The van der Waals surface area contributed by atoms with Crippen LogP contribution >= 0.6 is 0 Å². The summed E-state index contributed by atoms with van der Waals surface area (Å²) in [6.45, 7) is 0. The molecule has 3 heterocycles. The first kappa shape index (κ1) is 42.4. The van der Waals surface area contributed by atoms with Crippen molar-refractivity contribution < 1.29 is 0 Å². The maximum absolute atomic E-state index is 5.64. The highest BCUT2D eigenvalue weighted by molar-refractivity contribution is 5.99. The van der Waals surface area contributed by atoms with Gasteiger partial charge in [0.15, 0.2) is 5.82 Å². The zero-order chi connectivity index (χ0) is 47.5. The molecule has 4 aliphatic rings. The van der Waals surface area contributed by atoms with Crippen LogP contribution in [0, 0.1) is 0 Å². The molecule has 3 aromatic heterocycles. The van der Waals surface area contributed by atoms with Crippen LogP contribution in [-0.4, -0.2) is 29.1 Å². The van der Waals surface area contributed by atoms with Crippen LogP contribution < -0.4 is 0 Å². The van der Waals surface area contributed by atoms with E-state index in [1.54, 1.807) is 0 Å². The Morgan fingerprint density at radius 2 is 1.22 bits per heavy atom. The van der Waals surface area contributed by atoms with Crippen molar-refractivity contribution in [3.05, 3.63) is 228 Å². The summed E-state index contributed by atoms with van der Waals surface area (Å²) in [7, 11) is 0. The highest BCUT2D eigenvalue weighted by Crippen LogP contribution is 2.42. The van der Waals surface area contributed by atoms with Crippen molar-refractivity contribution in [3.8, 4) is 56.5 Å². The van der Waals surface area contributed by atoms with Crippen molar-refractivity contribution >= 4 is 44.7 Å². The lowest BCUT2D eigenvalue weighted by Crippen LogP contribution is -2.09. The fourth-order valence-electron chi connectivity index (χ4n) is 11.8. The summed E-state index contributed by atoms with van der Waals surface area (Å²) >= 11 is 0. The van der Waals surface area contributed by atoms with Crippen molar-refractivity contribution in [2.45, 2.75) is 63.3 Å². The SMILES string of the molecule is C1=CCCC(n2c(-c3ccc(-c4nc(-c5ccc(-c6nc7ccccc7n6C6C=CC=CC6)cc5)nc5c(C6C=Cc7ccccc7C6)cc(-c6ccc7c(c6)CCCC7)cc45)cc3)nc3ccccc32)=C1. The van der Waals surface area contributed by atoms with E-state index < -0.39 is 0 Å². The van der Waals surface area contributed by atoms with E-state index in [0.717, 1.165) is 111 Å². The summed E-state index contributed by atoms with van der Waals surface area (Å²) in [6, 6.07) is 55.6. The first-order valence-electron chi connectivity index (χ1n) is 25.8. The fourth-order valence-corrected chi connectivity index (χ4v) is 11.8. The molecular weight excluding hydrogens is 877 g/mol. The van der Waals surface area contributed by atoms with Crippen LogP contribution in [0.3, 0.4) is 0 Å². The van der Waals surface area contributed by atoms with E-state index >= 15 is 0 Å². The lowest BCUT2D eigenvalue weighted by atomic mass is 9.82. The molecule has 0 saturated heterocycles. The Hall–Kier alpha value is -8.48. The number of nitrogens with zero attached hydrogens (tertiary/aromatic N) is 6. The molecule has 72 heavy (non-hydrogen) atoms. The number of aromatic nitrogens is 6. The van der Waals surface area contributed by atoms with E-state index in [9.17, 15) is 0 Å². The van der Waals surface area contributed by atoms with Crippen molar-refractivity contribution in [2.75, 3.05) is 0 Å². The minimum absolute atomic E-state index is 0.119. The molecule has 14 rings (SSSR count). The van der Waals surface area contributed by atoms with Gasteiger partial charge in [-0.05, 0) is 133 Å². The van der Waals surface area contributed by atoms with Crippen LogP contribution in [0.1, 0.15) is 71.9 Å². The topological polar surface area (TPSA) is 61.4 Å². The van der Waals surface area contributed by atoms with Crippen molar-refractivity contribution in [1.29, 1.82) is 0 Å². The molecular formula is C66H52N6. The van der Waals surface area contributed by atoms with Crippen LogP contribution in [0.25, 0.3) is 101 Å². The van der Waals surface area contributed by atoms with E-state index in [0.29, 0.717) is 5.82 Å². The molecule has 0 radical (unpaired) electrons. The average Bonchev–Trinajstić information content (AvgIpc) is 4.05. The maximum Gasteiger partial charge on any atom is 0.160 e. The first-order valence-corrected chi connectivity index (χ1v) is 25.8. The smallest absolute Gasteiger partial charge is 0.160 e. The van der Waals surface area contributed by atoms with Gasteiger partial charge in [0.05, 0.1) is 39.3 Å². The molecule has 0 saturated carbocycles. The maximum atomic E-state index is 5.64. The zero-order valence-corrected chi connectivity index (χ0v) is 40.1. The molecule has 6 nitrogen and oxygen atoms in total. The van der Waals surface area contributed by atoms with Gasteiger partial charge < -0.3 is 4.57 Å².